The van der Waals surface area contributed by atoms with Crippen LogP contribution in [0.15, 0.2) is 42.7 Å². The number of hydrogen-bond acceptors (Lipinski definition) is 6. The van der Waals surface area contributed by atoms with Crippen LogP contribution in [0.4, 0.5) is 0 Å². The molecular weight excluding hydrogens is 444 g/mol. The van der Waals surface area contributed by atoms with Crippen molar-refractivity contribution in [1.29, 1.82) is 0 Å². The second-order valence-corrected chi connectivity index (χ2v) is 9.77. The normalized spacial score (nSPS) is 19.8. The minimum atomic E-state index is -0.407. The molecule has 0 unspecified atom stereocenters. The van der Waals surface area contributed by atoms with Crippen LogP contribution in [-0.2, 0) is 28.5 Å². The first-order valence-corrected chi connectivity index (χ1v) is 12.2. The number of aliphatic hydroxyl groups is 1. The van der Waals surface area contributed by atoms with Gasteiger partial charge in [0.25, 0.3) is 0 Å². The van der Waals surface area contributed by atoms with E-state index in [9.17, 15) is 9.90 Å². The zero-order valence-electron chi connectivity index (χ0n) is 20.7. The van der Waals surface area contributed by atoms with Gasteiger partial charge in [0.15, 0.2) is 0 Å². The maximum absolute atomic E-state index is 13.2. The zero-order valence-corrected chi connectivity index (χ0v) is 20.7. The van der Waals surface area contributed by atoms with Crippen LogP contribution < -0.4 is 4.74 Å². The Balaban J connectivity index is 1.57. The van der Waals surface area contributed by atoms with Crippen molar-refractivity contribution in [2.24, 2.45) is 7.05 Å². The minimum absolute atomic E-state index is 0.00676. The number of nitrogens with zero attached hydrogens (tertiary/aromatic N) is 4. The number of amides is 1. The van der Waals surface area contributed by atoms with E-state index in [-0.39, 0.29) is 24.5 Å². The van der Waals surface area contributed by atoms with Crippen LogP contribution in [0.3, 0.4) is 0 Å². The molecule has 0 bridgehead atoms. The third-order valence-corrected chi connectivity index (χ3v) is 7.85. The number of hydrogen-bond donors (Lipinski definition) is 1. The Kier molecular flexibility index (Phi) is 6.53. The monoisotopic (exact) mass is 478 g/mol. The molecule has 186 valence electrons. The number of ether oxygens (including phenoxy) is 2. The molecule has 1 amide bonds. The smallest absolute Gasteiger partial charge is 0.249 e. The van der Waals surface area contributed by atoms with E-state index in [1.54, 1.807) is 13.3 Å². The zero-order chi connectivity index (χ0) is 24.6. The second-order valence-electron chi connectivity index (χ2n) is 9.77. The number of aromatic nitrogens is 2. The van der Waals surface area contributed by atoms with Crippen molar-refractivity contribution in [2.75, 3.05) is 47.1 Å². The molecule has 1 atom stereocenters. The molecule has 1 saturated heterocycles. The summed E-state index contributed by atoms with van der Waals surface area (Å²) in [6, 6.07) is 9.88. The maximum atomic E-state index is 13.2. The lowest BCUT2D eigenvalue weighted by Gasteiger charge is -2.50. The van der Waals surface area contributed by atoms with Gasteiger partial charge in [0.2, 0.25) is 5.91 Å². The first-order valence-electron chi connectivity index (χ1n) is 12.2. The van der Waals surface area contributed by atoms with Crippen molar-refractivity contribution in [2.45, 2.75) is 30.8 Å². The van der Waals surface area contributed by atoms with Crippen LogP contribution >= 0.6 is 0 Å². The Hall–Kier alpha value is -2.94. The molecule has 2 aliphatic heterocycles. The fourth-order valence-electron chi connectivity index (χ4n) is 6.12. The largest absolute Gasteiger partial charge is 0.497 e. The van der Waals surface area contributed by atoms with Gasteiger partial charge in [-0.2, -0.15) is 0 Å². The highest BCUT2D eigenvalue weighted by Gasteiger charge is 2.49. The maximum Gasteiger partial charge on any atom is 0.249 e. The number of aryl methyl sites for hydroxylation is 1. The molecule has 2 aliphatic rings. The number of aliphatic hydroxyl groups excluding tert-OH is 1. The van der Waals surface area contributed by atoms with Gasteiger partial charge < -0.3 is 24.0 Å². The van der Waals surface area contributed by atoms with Gasteiger partial charge in [-0.15, -0.1) is 0 Å². The Bertz CT molecular complexity index is 1200. The Morgan fingerprint density at radius 1 is 1.23 bits per heavy atom. The standard InChI is InChI=1S/C27H34N4O4/c1-29-22-13-20(35-3)6-7-21(22)25-26(29)23(16-32)31(24(33)17-34-2)18-27(25)8-11-30(12-9-27)15-19-5-4-10-28-14-19/h4-7,10,13-14,23,32H,8-9,11-12,15-18H2,1-3H3/t23-/m1/s1. The van der Waals surface area contributed by atoms with E-state index >= 15 is 0 Å². The lowest BCUT2D eigenvalue weighted by Crippen LogP contribution is -2.56. The van der Waals surface area contributed by atoms with Crippen LogP contribution in [0.2, 0.25) is 0 Å². The Morgan fingerprint density at radius 2 is 2.03 bits per heavy atom. The average Bonchev–Trinajstić information content (AvgIpc) is 3.19. The van der Waals surface area contributed by atoms with Gasteiger partial charge in [0.05, 0.1) is 25.3 Å². The molecule has 35 heavy (non-hydrogen) atoms. The van der Waals surface area contributed by atoms with Crippen LogP contribution in [0.5, 0.6) is 5.75 Å². The van der Waals surface area contributed by atoms with Crippen molar-refractivity contribution >= 4 is 16.8 Å². The van der Waals surface area contributed by atoms with Gasteiger partial charge in [-0.1, -0.05) is 6.07 Å². The lowest BCUT2D eigenvalue weighted by molar-refractivity contribution is -0.141. The van der Waals surface area contributed by atoms with Gasteiger partial charge in [-0.25, -0.2) is 0 Å². The molecule has 8 heteroatoms. The molecule has 1 fully saturated rings. The average molecular weight is 479 g/mol. The molecule has 4 heterocycles. The number of fused-ring (bicyclic) bond motifs is 4. The predicted molar refractivity (Wildman–Crippen MR) is 133 cm³/mol. The van der Waals surface area contributed by atoms with Crippen LogP contribution in [0.1, 0.15) is 35.7 Å². The first-order chi connectivity index (χ1) is 17.0. The van der Waals surface area contributed by atoms with Gasteiger partial charge in [-0.3, -0.25) is 14.7 Å². The number of rotatable bonds is 6. The number of benzene rings is 1. The van der Waals surface area contributed by atoms with Crippen LogP contribution in [-0.4, -0.2) is 77.4 Å². The predicted octanol–water partition coefficient (Wildman–Crippen LogP) is 2.64. The fraction of sp³-hybridized carbons (Fsp3) is 0.481. The van der Waals surface area contributed by atoms with Gasteiger partial charge in [0, 0.05) is 62.2 Å². The molecular formula is C27H34N4O4. The number of likely N-dealkylation sites (tertiary alicyclic amines) is 1. The highest BCUT2D eigenvalue weighted by atomic mass is 16.5. The topological polar surface area (TPSA) is 80.1 Å². The van der Waals surface area contributed by atoms with Crippen molar-refractivity contribution in [3.05, 3.63) is 59.5 Å². The van der Waals surface area contributed by atoms with Crippen molar-refractivity contribution in [3.8, 4) is 5.75 Å². The van der Waals surface area contributed by atoms with Crippen molar-refractivity contribution in [1.82, 2.24) is 19.4 Å². The Labute approximate surface area is 206 Å². The molecule has 5 rings (SSSR count). The van der Waals surface area contributed by atoms with E-state index in [0.717, 1.165) is 49.4 Å². The molecule has 1 N–H and O–H groups in total. The third-order valence-electron chi connectivity index (χ3n) is 7.85. The van der Waals surface area contributed by atoms with Gasteiger partial charge >= 0.3 is 0 Å². The fourth-order valence-corrected chi connectivity index (χ4v) is 6.12. The highest BCUT2D eigenvalue weighted by Crippen LogP contribution is 2.50. The second kappa shape index (κ2) is 9.60. The molecule has 0 aliphatic carbocycles. The summed E-state index contributed by atoms with van der Waals surface area (Å²) in [4.78, 5) is 21.8. The molecule has 2 aromatic heterocycles. The number of piperidine rings is 1. The summed E-state index contributed by atoms with van der Waals surface area (Å²) in [6.07, 6.45) is 5.59. The van der Waals surface area contributed by atoms with Gasteiger partial charge in [0.1, 0.15) is 12.4 Å². The molecule has 1 spiro atoms. The quantitative estimate of drug-likeness (QED) is 0.587. The minimum Gasteiger partial charge on any atom is -0.497 e. The Morgan fingerprint density at radius 3 is 2.69 bits per heavy atom. The molecule has 8 nitrogen and oxygen atoms in total. The SMILES string of the molecule is COCC(=O)N1CC2(CCN(Cc3cccnc3)CC2)c2c(n(C)c3cc(OC)ccc23)[C@H]1CO. The van der Waals surface area contributed by atoms with E-state index in [1.165, 1.54) is 23.6 Å². The summed E-state index contributed by atoms with van der Waals surface area (Å²) in [5.41, 5.74) is 4.38. The van der Waals surface area contributed by atoms with E-state index < -0.39 is 6.04 Å². The molecule has 3 aromatic rings. The number of carbonyl (C=O) groups is 1. The molecule has 1 aromatic carbocycles. The van der Waals surface area contributed by atoms with Crippen LogP contribution in [0, 0.1) is 0 Å². The highest BCUT2D eigenvalue weighted by molar-refractivity contribution is 5.89. The third kappa shape index (κ3) is 4.09. The van der Waals surface area contributed by atoms with E-state index in [2.05, 4.69) is 32.7 Å². The summed E-state index contributed by atoms with van der Waals surface area (Å²) in [5, 5.41) is 11.7. The van der Waals surface area contributed by atoms with Crippen molar-refractivity contribution in [3.63, 3.8) is 0 Å². The first kappa shape index (κ1) is 23.8. The summed E-state index contributed by atoms with van der Waals surface area (Å²) >= 11 is 0. The summed E-state index contributed by atoms with van der Waals surface area (Å²) in [5.74, 6) is 0.709. The van der Waals surface area contributed by atoms with E-state index in [1.807, 2.05) is 30.3 Å². The molecule has 0 saturated carbocycles. The lowest BCUT2D eigenvalue weighted by atomic mass is 9.68. The van der Waals surface area contributed by atoms with Crippen LogP contribution in [0.25, 0.3) is 10.9 Å². The summed E-state index contributed by atoms with van der Waals surface area (Å²) < 4.78 is 12.9. The van der Waals surface area contributed by atoms with Crippen molar-refractivity contribution < 1.29 is 19.4 Å². The number of methoxy groups -OCH3 is 2. The molecule has 0 radical (unpaired) electrons. The number of carbonyl (C=O) groups excluding carboxylic acids is 1. The summed E-state index contributed by atoms with van der Waals surface area (Å²) in [7, 11) is 5.24. The number of pyridine rings is 1. The van der Waals surface area contributed by atoms with E-state index in [0.29, 0.717) is 6.54 Å². The van der Waals surface area contributed by atoms with E-state index in [4.69, 9.17) is 9.47 Å². The summed E-state index contributed by atoms with van der Waals surface area (Å²) in [6.45, 7) is 3.18. The van der Waals surface area contributed by atoms with Gasteiger partial charge in [-0.05, 0) is 55.3 Å².